The Bertz CT molecular complexity index is 337. The van der Waals surface area contributed by atoms with Crippen LogP contribution in [0.5, 0.6) is 5.75 Å². The monoisotopic (exact) mass is 237 g/mol. The van der Waals surface area contributed by atoms with Gasteiger partial charge in [-0.1, -0.05) is 26.0 Å². The van der Waals surface area contributed by atoms with E-state index in [1.807, 2.05) is 0 Å². The smallest absolute Gasteiger partial charge is 0.123 e. The van der Waals surface area contributed by atoms with Crippen LogP contribution in [0.2, 0.25) is 0 Å². The molecule has 0 aliphatic carbocycles. The first-order chi connectivity index (χ1) is 8.15. The van der Waals surface area contributed by atoms with Crippen molar-refractivity contribution in [1.29, 1.82) is 0 Å². The standard InChI is InChI=1S/C14H23NO2/c1-11(2)13-5-4-12(3)10-14(13)17-9-8-16-7-6-15/h4-5,10-11H,6-9,15H2,1-3H3. The second kappa shape index (κ2) is 7.30. The van der Waals surface area contributed by atoms with E-state index in [4.69, 9.17) is 15.2 Å². The van der Waals surface area contributed by atoms with Crippen molar-refractivity contribution >= 4 is 0 Å². The van der Waals surface area contributed by atoms with E-state index in [0.29, 0.717) is 32.3 Å². The van der Waals surface area contributed by atoms with Gasteiger partial charge in [0.25, 0.3) is 0 Å². The van der Waals surface area contributed by atoms with E-state index in [-0.39, 0.29) is 0 Å². The Labute approximate surface area is 104 Å². The number of aryl methyl sites for hydroxylation is 1. The first-order valence-electron chi connectivity index (χ1n) is 6.16. The van der Waals surface area contributed by atoms with Gasteiger partial charge in [-0.3, -0.25) is 0 Å². The highest BCUT2D eigenvalue weighted by atomic mass is 16.5. The Kier molecular flexibility index (Phi) is 6.01. The van der Waals surface area contributed by atoms with E-state index in [1.54, 1.807) is 0 Å². The SMILES string of the molecule is Cc1ccc(C(C)C)c(OCCOCCN)c1. The largest absolute Gasteiger partial charge is 0.491 e. The molecule has 0 heterocycles. The van der Waals surface area contributed by atoms with Gasteiger partial charge in [-0.15, -0.1) is 0 Å². The topological polar surface area (TPSA) is 44.5 Å². The van der Waals surface area contributed by atoms with Crippen LogP contribution in [0.3, 0.4) is 0 Å². The van der Waals surface area contributed by atoms with Gasteiger partial charge in [0.05, 0.1) is 13.2 Å². The quantitative estimate of drug-likeness (QED) is 0.741. The summed E-state index contributed by atoms with van der Waals surface area (Å²) in [5.41, 5.74) is 7.80. The Hall–Kier alpha value is -1.06. The molecular formula is C14H23NO2. The zero-order valence-electron chi connectivity index (χ0n) is 11.0. The highest BCUT2D eigenvalue weighted by Gasteiger charge is 2.07. The zero-order valence-corrected chi connectivity index (χ0v) is 11.0. The van der Waals surface area contributed by atoms with Gasteiger partial charge in [0.15, 0.2) is 0 Å². The normalized spacial score (nSPS) is 10.9. The van der Waals surface area contributed by atoms with Gasteiger partial charge in [-0.25, -0.2) is 0 Å². The molecule has 3 heteroatoms. The highest BCUT2D eigenvalue weighted by molar-refractivity contribution is 5.39. The zero-order chi connectivity index (χ0) is 12.7. The molecule has 0 unspecified atom stereocenters. The summed E-state index contributed by atoms with van der Waals surface area (Å²) in [6, 6.07) is 6.33. The lowest BCUT2D eigenvalue weighted by molar-refractivity contribution is 0.105. The molecule has 0 radical (unpaired) electrons. The number of ether oxygens (including phenoxy) is 2. The second-order valence-corrected chi connectivity index (χ2v) is 4.45. The van der Waals surface area contributed by atoms with Crippen LogP contribution in [0.4, 0.5) is 0 Å². The minimum atomic E-state index is 0.468. The third kappa shape index (κ3) is 4.75. The first-order valence-corrected chi connectivity index (χ1v) is 6.16. The fraction of sp³-hybridized carbons (Fsp3) is 0.571. The van der Waals surface area contributed by atoms with Crippen LogP contribution in [0.15, 0.2) is 18.2 Å². The molecule has 0 aromatic heterocycles. The molecule has 17 heavy (non-hydrogen) atoms. The molecule has 1 aromatic rings. The van der Waals surface area contributed by atoms with Crippen molar-refractivity contribution in [2.45, 2.75) is 26.7 Å². The molecule has 0 amide bonds. The van der Waals surface area contributed by atoms with Gasteiger partial charge in [-0.05, 0) is 30.0 Å². The lowest BCUT2D eigenvalue weighted by Gasteiger charge is -2.14. The van der Waals surface area contributed by atoms with Gasteiger partial charge in [0.1, 0.15) is 12.4 Å². The minimum Gasteiger partial charge on any atom is -0.491 e. The molecular weight excluding hydrogens is 214 g/mol. The molecule has 3 nitrogen and oxygen atoms in total. The van der Waals surface area contributed by atoms with E-state index < -0.39 is 0 Å². The molecule has 0 bridgehead atoms. The van der Waals surface area contributed by atoms with Crippen molar-refractivity contribution in [3.63, 3.8) is 0 Å². The highest BCUT2D eigenvalue weighted by Crippen LogP contribution is 2.27. The fourth-order valence-corrected chi connectivity index (χ4v) is 1.64. The minimum absolute atomic E-state index is 0.468. The molecule has 0 saturated carbocycles. The molecule has 0 fully saturated rings. The van der Waals surface area contributed by atoms with Crippen LogP contribution >= 0.6 is 0 Å². The Morgan fingerprint density at radius 2 is 1.94 bits per heavy atom. The van der Waals surface area contributed by atoms with E-state index in [9.17, 15) is 0 Å². The van der Waals surface area contributed by atoms with E-state index in [2.05, 4.69) is 39.0 Å². The van der Waals surface area contributed by atoms with Gasteiger partial charge in [-0.2, -0.15) is 0 Å². The molecule has 0 atom stereocenters. The van der Waals surface area contributed by atoms with E-state index in [0.717, 1.165) is 5.75 Å². The number of nitrogens with two attached hydrogens (primary N) is 1. The Balaban J connectivity index is 2.53. The average molecular weight is 237 g/mol. The number of benzene rings is 1. The van der Waals surface area contributed by atoms with Crippen molar-refractivity contribution in [3.05, 3.63) is 29.3 Å². The van der Waals surface area contributed by atoms with Crippen molar-refractivity contribution in [2.24, 2.45) is 5.73 Å². The number of rotatable bonds is 7. The summed E-state index contributed by atoms with van der Waals surface area (Å²) in [6.07, 6.45) is 0. The van der Waals surface area contributed by atoms with Crippen molar-refractivity contribution < 1.29 is 9.47 Å². The number of hydrogen-bond acceptors (Lipinski definition) is 3. The third-order valence-electron chi connectivity index (χ3n) is 2.54. The van der Waals surface area contributed by atoms with Crippen LogP contribution in [0.25, 0.3) is 0 Å². The molecule has 0 aliphatic heterocycles. The fourth-order valence-electron chi connectivity index (χ4n) is 1.64. The van der Waals surface area contributed by atoms with Crippen LogP contribution in [-0.4, -0.2) is 26.4 Å². The molecule has 96 valence electrons. The van der Waals surface area contributed by atoms with Gasteiger partial charge >= 0.3 is 0 Å². The van der Waals surface area contributed by atoms with Gasteiger partial charge < -0.3 is 15.2 Å². The van der Waals surface area contributed by atoms with E-state index in [1.165, 1.54) is 11.1 Å². The molecule has 0 aliphatic rings. The van der Waals surface area contributed by atoms with Crippen molar-refractivity contribution in [3.8, 4) is 5.75 Å². The Morgan fingerprint density at radius 3 is 2.59 bits per heavy atom. The molecule has 1 aromatic carbocycles. The van der Waals surface area contributed by atoms with Crippen LogP contribution < -0.4 is 10.5 Å². The predicted octanol–water partition coefficient (Wildman–Crippen LogP) is 2.47. The van der Waals surface area contributed by atoms with Crippen LogP contribution in [0, 0.1) is 6.92 Å². The maximum absolute atomic E-state index is 5.76. The summed E-state index contributed by atoms with van der Waals surface area (Å²) in [4.78, 5) is 0. The summed E-state index contributed by atoms with van der Waals surface area (Å²) < 4.78 is 11.0. The van der Waals surface area contributed by atoms with E-state index >= 15 is 0 Å². The van der Waals surface area contributed by atoms with Crippen molar-refractivity contribution in [1.82, 2.24) is 0 Å². The predicted molar refractivity (Wildman–Crippen MR) is 70.6 cm³/mol. The summed E-state index contributed by atoms with van der Waals surface area (Å²) in [7, 11) is 0. The van der Waals surface area contributed by atoms with Crippen LogP contribution in [-0.2, 0) is 4.74 Å². The summed E-state index contributed by atoms with van der Waals surface area (Å²) >= 11 is 0. The summed E-state index contributed by atoms with van der Waals surface area (Å²) in [5.74, 6) is 1.44. The number of hydrogen-bond donors (Lipinski definition) is 1. The third-order valence-corrected chi connectivity index (χ3v) is 2.54. The first kappa shape index (κ1) is 14.0. The maximum atomic E-state index is 5.76. The van der Waals surface area contributed by atoms with Gasteiger partial charge in [0.2, 0.25) is 0 Å². The molecule has 2 N–H and O–H groups in total. The molecule has 0 saturated heterocycles. The van der Waals surface area contributed by atoms with Crippen LogP contribution in [0.1, 0.15) is 30.9 Å². The summed E-state index contributed by atoms with van der Waals surface area (Å²) in [6.45, 7) is 8.72. The Morgan fingerprint density at radius 1 is 1.18 bits per heavy atom. The second-order valence-electron chi connectivity index (χ2n) is 4.45. The lowest BCUT2D eigenvalue weighted by Crippen LogP contribution is -2.13. The summed E-state index contributed by atoms with van der Waals surface area (Å²) in [5, 5.41) is 0. The average Bonchev–Trinajstić information content (AvgIpc) is 2.28. The maximum Gasteiger partial charge on any atom is 0.123 e. The van der Waals surface area contributed by atoms with Crippen molar-refractivity contribution in [2.75, 3.05) is 26.4 Å². The lowest BCUT2D eigenvalue weighted by atomic mass is 10.0. The molecule has 0 spiro atoms. The van der Waals surface area contributed by atoms with Gasteiger partial charge in [0, 0.05) is 6.54 Å². The molecule has 1 rings (SSSR count).